The Morgan fingerprint density at radius 2 is 1.86 bits per heavy atom. The highest BCUT2D eigenvalue weighted by atomic mass is 35.5. The van der Waals surface area contributed by atoms with Crippen LogP contribution in [0.3, 0.4) is 0 Å². The van der Waals surface area contributed by atoms with Crippen LogP contribution in [0.15, 0.2) is 42.5 Å². The molecule has 2 aromatic carbocycles. The van der Waals surface area contributed by atoms with Gasteiger partial charge in [0.25, 0.3) is 0 Å². The summed E-state index contributed by atoms with van der Waals surface area (Å²) < 4.78 is 0. The quantitative estimate of drug-likeness (QED) is 0.856. The predicted molar refractivity (Wildman–Crippen MR) is 87.9 cm³/mol. The first-order chi connectivity index (χ1) is 10.1. The molecule has 2 amide bonds. The maximum absolute atomic E-state index is 12.0. The molecule has 0 saturated carbocycles. The number of hydrogen-bond acceptors (Lipinski definition) is 1. The largest absolute Gasteiger partial charge is 0.334 e. The van der Waals surface area contributed by atoms with Crippen molar-refractivity contribution >= 4 is 23.3 Å². The number of amides is 2. The Morgan fingerprint density at radius 1 is 1.14 bits per heavy atom. The molecule has 0 aliphatic carbocycles. The second kappa shape index (κ2) is 7.14. The summed E-state index contributed by atoms with van der Waals surface area (Å²) in [6.45, 7) is 4.54. The maximum Gasteiger partial charge on any atom is 0.319 e. The Hall–Kier alpha value is -2.00. The number of urea groups is 1. The van der Waals surface area contributed by atoms with Crippen molar-refractivity contribution in [2.75, 3.05) is 5.32 Å². The van der Waals surface area contributed by atoms with Gasteiger partial charge in [-0.25, -0.2) is 4.79 Å². The van der Waals surface area contributed by atoms with E-state index < -0.39 is 0 Å². The Kier molecular flexibility index (Phi) is 5.23. The number of carbonyl (C=O) groups is 1. The van der Waals surface area contributed by atoms with Gasteiger partial charge in [0, 0.05) is 17.3 Å². The zero-order chi connectivity index (χ0) is 15.2. The van der Waals surface area contributed by atoms with Crippen molar-refractivity contribution in [3.8, 4) is 0 Å². The number of nitrogens with one attached hydrogen (secondary N) is 2. The molecule has 0 spiro atoms. The lowest BCUT2D eigenvalue weighted by Gasteiger charge is -2.13. The second-order valence-corrected chi connectivity index (χ2v) is 5.33. The van der Waals surface area contributed by atoms with Crippen LogP contribution < -0.4 is 10.6 Å². The van der Waals surface area contributed by atoms with Crippen molar-refractivity contribution in [3.63, 3.8) is 0 Å². The number of aryl methyl sites for hydroxylation is 2. The van der Waals surface area contributed by atoms with E-state index in [4.69, 9.17) is 11.6 Å². The number of carbonyl (C=O) groups excluding carboxylic acids is 1. The van der Waals surface area contributed by atoms with Crippen molar-refractivity contribution in [1.29, 1.82) is 0 Å². The van der Waals surface area contributed by atoms with Crippen LogP contribution in [-0.4, -0.2) is 6.03 Å². The van der Waals surface area contributed by atoms with Gasteiger partial charge in [-0.05, 0) is 42.2 Å². The van der Waals surface area contributed by atoms with Gasteiger partial charge in [0.2, 0.25) is 0 Å². The summed E-state index contributed by atoms with van der Waals surface area (Å²) in [7, 11) is 0. The van der Waals surface area contributed by atoms with Crippen molar-refractivity contribution in [2.45, 2.75) is 26.8 Å². The number of halogens is 1. The molecule has 0 aromatic heterocycles. The molecule has 0 bridgehead atoms. The fourth-order valence-electron chi connectivity index (χ4n) is 2.14. The molecule has 0 unspecified atom stereocenters. The van der Waals surface area contributed by atoms with Gasteiger partial charge < -0.3 is 10.6 Å². The SMILES string of the molecule is CCc1cccc(C)c1NC(=O)NCc1ccc(Cl)cc1. The summed E-state index contributed by atoms with van der Waals surface area (Å²) in [4.78, 5) is 12.0. The first kappa shape index (κ1) is 15.4. The molecule has 4 heteroatoms. The maximum atomic E-state index is 12.0. The molecular weight excluding hydrogens is 284 g/mol. The fraction of sp³-hybridized carbons (Fsp3) is 0.235. The first-order valence-electron chi connectivity index (χ1n) is 6.98. The molecule has 0 saturated heterocycles. The van der Waals surface area contributed by atoms with Crippen molar-refractivity contribution in [2.24, 2.45) is 0 Å². The summed E-state index contributed by atoms with van der Waals surface area (Å²) in [6.07, 6.45) is 0.883. The summed E-state index contributed by atoms with van der Waals surface area (Å²) in [6, 6.07) is 13.2. The van der Waals surface area contributed by atoms with Gasteiger partial charge in [0.1, 0.15) is 0 Å². The average Bonchev–Trinajstić information content (AvgIpc) is 2.49. The second-order valence-electron chi connectivity index (χ2n) is 4.90. The van der Waals surface area contributed by atoms with Crippen molar-refractivity contribution in [1.82, 2.24) is 5.32 Å². The van der Waals surface area contributed by atoms with E-state index in [0.29, 0.717) is 11.6 Å². The number of rotatable bonds is 4. The Bertz CT molecular complexity index is 623. The molecule has 21 heavy (non-hydrogen) atoms. The number of anilines is 1. The molecule has 0 aliphatic heterocycles. The summed E-state index contributed by atoms with van der Waals surface area (Å²) in [5, 5.41) is 6.48. The van der Waals surface area contributed by atoms with Crippen molar-refractivity contribution in [3.05, 3.63) is 64.2 Å². The minimum absolute atomic E-state index is 0.200. The van der Waals surface area contributed by atoms with Gasteiger partial charge in [-0.15, -0.1) is 0 Å². The Labute approximate surface area is 130 Å². The highest BCUT2D eigenvalue weighted by molar-refractivity contribution is 6.30. The van der Waals surface area contributed by atoms with E-state index in [0.717, 1.165) is 28.8 Å². The van der Waals surface area contributed by atoms with E-state index in [1.54, 1.807) is 0 Å². The number of hydrogen-bond donors (Lipinski definition) is 2. The van der Waals surface area contributed by atoms with Crippen LogP contribution >= 0.6 is 11.6 Å². The van der Waals surface area contributed by atoms with E-state index in [1.165, 1.54) is 0 Å². The van der Waals surface area contributed by atoms with Gasteiger partial charge in [0.15, 0.2) is 0 Å². The standard InChI is InChI=1S/C17H19ClN2O/c1-3-14-6-4-5-12(2)16(14)20-17(21)19-11-13-7-9-15(18)10-8-13/h4-10H,3,11H2,1-2H3,(H2,19,20,21). The smallest absolute Gasteiger partial charge is 0.319 e. The van der Waals surface area contributed by atoms with Gasteiger partial charge in [0.05, 0.1) is 0 Å². The molecule has 0 aliphatic rings. The predicted octanol–water partition coefficient (Wildman–Crippen LogP) is 4.53. The molecule has 0 radical (unpaired) electrons. The highest BCUT2D eigenvalue weighted by Gasteiger charge is 2.08. The molecule has 2 aromatic rings. The minimum atomic E-state index is -0.200. The molecule has 2 N–H and O–H groups in total. The third-order valence-corrected chi connectivity index (χ3v) is 3.60. The highest BCUT2D eigenvalue weighted by Crippen LogP contribution is 2.20. The zero-order valence-electron chi connectivity index (χ0n) is 12.2. The third-order valence-electron chi connectivity index (χ3n) is 3.34. The van der Waals surface area contributed by atoms with E-state index in [9.17, 15) is 4.79 Å². The van der Waals surface area contributed by atoms with Gasteiger partial charge in [-0.2, -0.15) is 0 Å². The molecule has 3 nitrogen and oxygen atoms in total. The van der Waals surface area contributed by atoms with E-state index in [1.807, 2.05) is 49.4 Å². The lowest BCUT2D eigenvalue weighted by Crippen LogP contribution is -2.28. The van der Waals surface area contributed by atoms with E-state index in [-0.39, 0.29) is 6.03 Å². The molecule has 0 heterocycles. The van der Waals surface area contributed by atoms with E-state index in [2.05, 4.69) is 17.6 Å². The first-order valence-corrected chi connectivity index (χ1v) is 7.35. The Balaban J connectivity index is 1.97. The minimum Gasteiger partial charge on any atom is -0.334 e. The van der Waals surface area contributed by atoms with Gasteiger partial charge in [-0.3, -0.25) is 0 Å². The molecule has 2 rings (SSSR count). The van der Waals surface area contributed by atoms with Crippen LogP contribution in [0.5, 0.6) is 0 Å². The van der Waals surface area contributed by atoms with E-state index >= 15 is 0 Å². The lowest BCUT2D eigenvalue weighted by molar-refractivity contribution is 0.251. The number of benzene rings is 2. The van der Waals surface area contributed by atoms with Gasteiger partial charge >= 0.3 is 6.03 Å². The average molecular weight is 303 g/mol. The normalized spacial score (nSPS) is 10.2. The van der Waals surface area contributed by atoms with Gasteiger partial charge in [-0.1, -0.05) is 48.9 Å². The number of para-hydroxylation sites is 1. The third kappa shape index (κ3) is 4.23. The van der Waals surface area contributed by atoms with Crippen LogP contribution in [-0.2, 0) is 13.0 Å². The van der Waals surface area contributed by atoms with Crippen LogP contribution in [0.2, 0.25) is 5.02 Å². The van der Waals surface area contributed by atoms with Crippen LogP contribution in [0.1, 0.15) is 23.6 Å². The zero-order valence-corrected chi connectivity index (χ0v) is 13.0. The topological polar surface area (TPSA) is 41.1 Å². The lowest BCUT2D eigenvalue weighted by atomic mass is 10.1. The van der Waals surface area contributed by atoms with Crippen molar-refractivity contribution < 1.29 is 4.79 Å². The monoisotopic (exact) mass is 302 g/mol. The summed E-state index contributed by atoms with van der Waals surface area (Å²) in [5.74, 6) is 0. The fourth-order valence-corrected chi connectivity index (χ4v) is 2.27. The molecule has 0 atom stereocenters. The molecular formula is C17H19ClN2O. The molecule has 0 fully saturated rings. The molecule has 110 valence electrons. The van der Waals surface area contributed by atoms with Crippen LogP contribution in [0, 0.1) is 6.92 Å². The van der Waals surface area contributed by atoms with Crippen LogP contribution in [0.25, 0.3) is 0 Å². The Morgan fingerprint density at radius 3 is 2.52 bits per heavy atom. The van der Waals surface area contributed by atoms with Crippen LogP contribution in [0.4, 0.5) is 10.5 Å². The summed E-state index contributed by atoms with van der Waals surface area (Å²) >= 11 is 5.83. The summed E-state index contributed by atoms with van der Waals surface area (Å²) in [5.41, 5.74) is 4.11.